The maximum Gasteiger partial charge on any atom is 0.0859 e. The summed E-state index contributed by atoms with van der Waals surface area (Å²) in [6.07, 6.45) is 2.08. The topological polar surface area (TPSA) is 36.9 Å². The maximum absolute atomic E-state index is 5.36. The van der Waals surface area contributed by atoms with E-state index in [-0.39, 0.29) is 24.4 Å². The molecule has 4 atom stereocenters. The molecule has 1 saturated carbocycles. The van der Waals surface area contributed by atoms with Crippen molar-refractivity contribution in [3.8, 4) is 0 Å². The Morgan fingerprint density at radius 1 is 0.571 bits per heavy atom. The van der Waals surface area contributed by atoms with Gasteiger partial charge in [0.15, 0.2) is 0 Å². The van der Waals surface area contributed by atoms with Crippen molar-refractivity contribution in [3.63, 3.8) is 0 Å². The second kappa shape index (κ2) is 5.66. The summed E-state index contributed by atoms with van der Waals surface area (Å²) in [6.45, 7) is 0. The van der Waals surface area contributed by atoms with Crippen LogP contribution >= 0.6 is 0 Å². The molecule has 0 heterocycles. The molecular weight excluding hydrogens is 184 g/mol. The SMILES string of the molecule is COC1CC(OC)C(OC)CC1OC. The highest BCUT2D eigenvalue weighted by atomic mass is 16.6. The van der Waals surface area contributed by atoms with E-state index in [1.165, 1.54) is 0 Å². The Morgan fingerprint density at radius 2 is 0.786 bits per heavy atom. The first-order valence-corrected chi connectivity index (χ1v) is 4.88. The summed E-state index contributed by atoms with van der Waals surface area (Å²) in [7, 11) is 6.82. The van der Waals surface area contributed by atoms with Gasteiger partial charge < -0.3 is 18.9 Å². The molecule has 4 heteroatoms. The molecule has 4 nitrogen and oxygen atoms in total. The maximum atomic E-state index is 5.36. The second-order valence-corrected chi connectivity index (χ2v) is 3.57. The monoisotopic (exact) mass is 204 g/mol. The van der Waals surface area contributed by atoms with Crippen molar-refractivity contribution in [3.05, 3.63) is 0 Å². The van der Waals surface area contributed by atoms with Gasteiger partial charge in [-0.15, -0.1) is 0 Å². The van der Waals surface area contributed by atoms with Gasteiger partial charge >= 0.3 is 0 Å². The molecule has 0 bridgehead atoms. The zero-order valence-electron chi connectivity index (χ0n) is 9.36. The lowest BCUT2D eigenvalue weighted by Crippen LogP contribution is -2.48. The zero-order chi connectivity index (χ0) is 10.6. The quantitative estimate of drug-likeness (QED) is 0.680. The third-order valence-corrected chi connectivity index (χ3v) is 2.97. The molecule has 0 amide bonds. The van der Waals surface area contributed by atoms with Gasteiger partial charge in [-0.2, -0.15) is 0 Å². The molecule has 84 valence electrons. The summed E-state index contributed by atoms with van der Waals surface area (Å²) in [6, 6.07) is 0. The fourth-order valence-corrected chi connectivity index (χ4v) is 2.06. The Bertz CT molecular complexity index is 128. The van der Waals surface area contributed by atoms with E-state index in [0.29, 0.717) is 0 Å². The first-order valence-electron chi connectivity index (χ1n) is 4.88. The van der Waals surface area contributed by atoms with Gasteiger partial charge in [0.2, 0.25) is 0 Å². The van der Waals surface area contributed by atoms with Crippen molar-refractivity contribution >= 4 is 0 Å². The number of methoxy groups -OCH3 is 4. The smallest absolute Gasteiger partial charge is 0.0859 e. The van der Waals surface area contributed by atoms with E-state index in [9.17, 15) is 0 Å². The standard InChI is InChI=1S/C10H20O4/c1-11-7-5-9(13-3)10(14-4)6-8(7)12-2/h7-10H,5-6H2,1-4H3. The van der Waals surface area contributed by atoms with Crippen LogP contribution in [-0.2, 0) is 18.9 Å². The summed E-state index contributed by atoms with van der Waals surface area (Å²) >= 11 is 0. The summed E-state index contributed by atoms with van der Waals surface area (Å²) in [5, 5.41) is 0. The van der Waals surface area contributed by atoms with E-state index in [1.54, 1.807) is 28.4 Å². The molecule has 0 spiro atoms. The van der Waals surface area contributed by atoms with Crippen LogP contribution in [-0.4, -0.2) is 52.9 Å². The molecule has 1 rings (SSSR count). The predicted octanol–water partition coefficient (Wildman–Crippen LogP) is 0.840. The molecule has 1 fully saturated rings. The van der Waals surface area contributed by atoms with Crippen molar-refractivity contribution in [2.24, 2.45) is 0 Å². The van der Waals surface area contributed by atoms with Crippen molar-refractivity contribution in [1.82, 2.24) is 0 Å². The largest absolute Gasteiger partial charge is 0.379 e. The Labute approximate surface area is 85.5 Å². The fraction of sp³-hybridized carbons (Fsp3) is 1.00. The van der Waals surface area contributed by atoms with E-state index in [0.717, 1.165) is 12.8 Å². The van der Waals surface area contributed by atoms with Crippen molar-refractivity contribution < 1.29 is 18.9 Å². The third kappa shape index (κ3) is 2.45. The van der Waals surface area contributed by atoms with Crippen LogP contribution in [0.1, 0.15) is 12.8 Å². The van der Waals surface area contributed by atoms with Crippen LogP contribution in [0.5, 0.6) is 0 Å². The average Bonchev–Trinajstić information content (AvgIpc) is 2.26. The fourth-order valence-electron chi connectivity index (χ4n) is 2.06. The third-order valence-electron chi connectivity index (χ3n) is 2.97. The summed E-state index contributed by atoms with van der Waals surface area (Å²) in [5.74, 6) is 0. The number of rotatable bonds is 4. The lowest BCUT2D eigenvalue weighted by Gasteiger charge is -2.38. The van der Waals surface area contributed by atoms with Gasteiger partial charge in [-0.3, -0.25) is 0 Å². The van der Waals surface area contributed by atoms with Gasteiger partial charge in [0.25, 0.3) is 0 Å². The zero-order valence-corrected chi connectivity index (χ0v) is 9.36. The first kappa shape index (κ1) is 11.9. The first-order chi connectivity index (χ1) is 6.76. The predicted molar refractivity (Wildman–Crippen MR) is 52.4 cm³/mol. The highest BCUT2D eigenvalue weighted by molar-refractivity contribution is 4.88. The molecule has 4 unspecified atom stereocenters. The normalized spacial score (nSPS) is 38.6. The summed E-state index contributed by atoms with van der Waals surface area (Å²) in [5.41, 5.74) is 0. The van der Waals surface area contributed by atoms with Gasteiger partial charge in [0, 0.05) is 41.3 Å². The summed E-state index contributed by atoms with van der Waals surface area (Å²) < 4.78 is 21.4. The molecule has 0 radical (unpaired) electrons. The Balaban J connectivity index is 2.59. The van der Waals surface area contributed by atoms with Gasteiger partial charge in [-0.05, 0) is 0 Å². The average molecular weight is 204 g/mol. The van der Waals surface area contributed by atoms with Crippen LogP contribution in [0.25, 0.3) is 0 Å². The van der Waals surface area contributed by atoms with Crippen LogP contribution in [0, 0.1) is 0 Å². The minimum atomic E-state index is 0.108. The van der Waals surface area contributed by atoms with Crippen LogP contribution in [0.4, 0.5) is 0 Å². The molecule has 0 aromatic carbocycles. The molecule has 1 aliphatic carbocycles. The van der Waals surface area contributed by atoms with Gasteiger partial charge in [-0.1, -0.05) is 0 Å². The Hall–Kier alpha value is -0.160. The second-order valence-electron chi connectivity index (χ2n) is 3.57. The van der Waals surface area contributed by atoms with E-state index < -0.39 is 0 Å². The molecule has 1 aliphatic rings. The van der Waals surface area contributed by atoms with Crippen LogP contribution in [0.2, 0.25) is 0 Å². The molecule has 0 N–H and O–H groups in total. The molecule has 0 aromatic rings. The molecule has 0 aromatic heterocycles. The van der Waals surface area contributed by atoms with E-state index in [4.69, 9.17) is 18.9 Å². The van der Waals surface area contributed by atoms with Crippen LogP contribution in [0.15, 0.2) is 0 Å². The van der Waals surface area contributed by atoms with Gasteiger partial charge in [-0.25, -0.2) is 0 Å². The van der Waals surface area contributed by atoms with Crippen molar-refractivity contribution in [2.45, 2.75) is 37.3 Å². The van der Waals surface area contributed by atoms with Gasteiger partial charge in [0.05, 0.1) is 24.4 Å². The van der Waals surface area contributed by atoms with Crippen molar-refractivity contribution in [1.29, 1.82) is 0 Å². The molecule has 14 heavy (non-hydrogen) atoms. The van der Waals surface area contributed by atoms with Crippen molar-refractivity contribution in [2.75, 3.05) is 28.4 Å². The number of hydrogen-bond acceptors (Lipinski definition) is 4. The minimum Gasteiger partial charge on any atom is -0.379 e. The Morgan fingerprint density at radius 3 is 0.929 bits per heavy atom. The van der Waals surface area contributed by atoms with E-state index >= 15 is 0 Å². The highest BCUT2D eigenvalue weighted by Crippen LogP contribution is 2.27. The molecule has 0 saturated heterocycles. The van der Waals surface area contributed by atoms with Crippen LogP contribution < -0.4 is 0 Å². The number of ether oxygens (including phenoxy) is 4. The lowest BCUT2D eigenvalue weighted by atomic mass is 9.89. The minimum absolute atomic E-state index is 0.108. The molecule has 0 aliphatic heterocycles. The Kier molecular flexibility index (Phi) is 4.81. The van der Waals surface area contributed by atoms with E-state index in [1.807, 2.05) is 0 Å². The highest BCUT2D eigenvalue weighted by Gasteiger charge is 2.37. The number of hydrogen-bond donors (Lipinski definition) is 0. The van der Waals surface area contributed by atoms with Crippen LogP contribution in [0.3, 0.4) is 0 Å². The summed E-state index contributed by atoms with van der Waals surface area (Å²) in [4.78, 5) is 0. The van der Waals surface area contributed by atoms with Gasteiger partial charge in [0.1, 0.15) is 0 Å². The molecular formula is C10H20O4. The van der Waals surface area contributed by atoms with E-state index in [2.05, 4.69) is 0 Å². The lowest BCUT2D eigenvalue weighted by molar-refractivity contribution is -0.147.